The maximum absolute atomic E-state index is 12.7. The summed E-state index contributed by atoms with van der Waals surface area (Å²) in [6, 6.07) is 6.06. The van der Waals surface area contributed by atoms with Crippen molar-refractivity contribution in [2.24, 2.45) is 0 Å². The molecular weight excluding hydrogens is 297 g/mol. The smallest absolute Gasteiger partial charge is 0.206 e. The molecule has 0 unspecified atom stereocenters. The molecule has 2 rings (SSSR count). The van der Waals surface area contributed by atoms with Crippen molar-refractivity contribution in [3.05, 3.63) is 30.1 Å². The molecule has 0 amide bonds. The van der Waals surface area contributed by atoms with Crippen molar-refractivity contribution in [3.8, 4) is 5.75 Å². The molecule has 7 heteroatoms. The van der Waals surface area contributed by atoms with Crippen LogP contribution in [0.3, 0.4) is 0 Å². The van der Waals surface area contributed by atoms with E-state index in [0.717, 1.165) is 28.2 Å². The third-order valence-electron chi connectivity index (χ3n) is 2.33. The fraction of sp³-hybridized carbons (Fsp3) is 0.385. The quantitative estimate of drug-likeness (QED) is 0.595. The predicted octanol–water partition coefficient (Wildman–Crippen LogP) is 3.67. The number of hydrogen-bond donors (Lipinski definition) is 1. The Balaban J connectivity index is 1.62. The van der Waals surface area contributed by atoms with Crippen molar-refractivity contribution in [2.45, 2.75) is 17.7 Å². The van der Waals surface area contributed by atoms with Gasteiger partial charge in [-0.3, -0.25) is 0 Å². The van der Waals surface area contributed by atoms with Gasteiger partial charge < -0.3 is 10.1 Å². The molecule has 2 aromatic rings. The number of ether oxygens (including phenoxy) is 1. The van der Waals surface area contributed by atoms with E-state index in [4.69, 9.17) is 4.74 Å². The highest BCUT2D eigenvalue weighted by Crippen LogP contribution is 2.25. The van der Waals surface area contributed by atoms with Crippen LogP contribution in [0.25, 0.3) is 0 Å². The fourth-order valence-electron chi connectivity index (χ4n) is 1.43. The normalized spacial score (nSPS) is 10.5. The molecule has 0 atom stereocenters. The van der Waals surface area contributed by atoms with E-state index in [1.807, 2.05) is 6.92 Å². The molecule has 0 spiro atoms. The molecular formula is C13H16FN3OS2. The molecule has 4 nitrogen and oxygen atoms in total. The molecule has 0 saturated heterocycles. The molecule has 0 aliphatic rings. The monoisotopic (exact) mass is 313 g/mol. The Morgan fingerprint density at radius 2 is 2.10 bits per heavy atom. The van der Waals surface area contributed by atoms with Crippen molar-refractivity contribution < 1.29 is 9.13 Å². The lowest BCUT2D eigenvalue weighted by Gasteiger charge is -2.04. The van der Waals surface area contributed by atoms with Gasteiger partial charge in [0.15, 0.2) is 4.34 Å². The minimum atomic E-state index is -0.249. The van der Waals surface area contributed by atoms with E-state index < -0.39 is 0 Å². The average Bonchev–Trinajstić information content (AvgIpc) is 2.89. The van der Waals surface area contributed by atoms with Gasteiger partial charge in [0.05, 0.1) is 6.61 Å². The summed E-state index contributed by atoms with van der Waals surface area (Å²) in [6.45, 7) is 3.49. The highest BCUT2D eigenvalue weighted by molar-refractivity contribution is 8.01. The standard InChI is InChI=1S/C13H16FN3OS2/c1-2-15-12-16-17-13(20-12)19-9-3-8-18-11-6-4-10(14)5-7-11/h4-7H,2-3,8-9H2,1H3,(H,15,16). The van der Waals surface area contributed by atoms with Gasteiger partial charge in [0.1, 0.15) is 11.6 Å². The Kier molecular flexibility index (Phi) is 6.07. The number of halogens is 1. The number of aromatic nitrogens is 2. The minimum absolute atomic E-state index is 0.249. The first kappa shape index (κ1) is 15.1. The van der Waals surface area contributed by atoms with Crippen LogP contribution < -0.4 is 10.1 Å². The van der Waals surface area contributed by atoms with Gasteiger partial charge in [0, 0.05) is 12.3 Å². The maximum atomic E-state index is 12.7. The Morgan fingerprint density at radius 3 is 2.85 bits per heavy atom. The highest BCUT2D eigenvalue weighted by Gasteiger charge is 2.03. The third kappa shape index (κ3) is 4.97. The highest BCUT2D eigenvalue weighted by atomic mass is 32.2. The van der Waals surface area contributed by atoms with Gasteiger partial charge in [0.2, 0.25) is 5.13 Å². The number of nitrogens with one attached hydrogen (secondary N) is 1. The van der Waals surface area contributed by atoms with Crippen molar-refractivity contribution >= 4 is 28.2 Å². The van der Waals surface area contributed by atoms with Gasteiger partial charge in [0.25, 0.3) is 0 Å². The predicted molar refractivity (Wildman–Crippen MR) is 81.3 cm³/mol. The van der Waals surface area contributed by atoms with E-state index in [1.54, 1.807) is 35.2 Å². The van der Waals surface area contributed by atoms with Crippen molar-refractivity contribution in [3.63, 3.8) is 0 Å². The fourth-order valence-corrected chi connectivity index (χ4v) is 3.23. The zero-order valence-corrected chi connectivity index (χ0v) is 12.8. The molecule has 0 aliphatic carbocycles. The molecule has 1 aromatic heterocycles. The van der Waals surface area contributed by atoms with Crippen molar-refractivity contribution in [1.29, 1.82) is 0 Å². The van der Waals surface area contributed by atoms with Crippen LogP contribution in [0.5, 0.6) is 5.75 Å². The first-order chi connectivity index (χ1) is 9.78. The van der Waals surface area contributed by atoms with Crippen LogP contribution in [0.4, 0.5) is 9.52 Å². The SMILES string of the molecule is CCNc1nnc(SCCCOc2ccc(F)cc2)s1. The Hall–Kier alpha value is -1.34. The largest absolute Gasteiger partial charge is 0.494 e. The summed E-state index contributed by atoms with van der Waals surface area (Å²) in [5.74, 6) is 1.37. The molecule has 108 valence electrons. The van der Waals surface area contributed by atoms with Crippen LogP contribution >= 0.6 is 23.1 Å². The van der Waals surface area contributed by atoms with Crippen LogP contribution in [-0.2, 0) is 0 Å². The topological polar surface area (TPSA) is 47.0 Å². The molecule has 0 fully saturated rings. The number of rotatable bonds is 8. The lowest BCUT2D eigenvalue weighted by atomic mass is 10.3. The number of hydrogen-bond acceptors (Lipinski definition) is 6. The molecule has 0 aliphatic heterocycles. The van der Waals surface area contributed by atoms with E-state index in [2.05, 4.69) is 15.5 Å². The molecule has 20 heavy (non-hydrogen) atoms. The summed E-state index contributed by atoms with van der Waals surface area (Å²) in [5, 5.41) is 12.1. The maximum Gasteiger partial charge on any atom is 0.206 e. The van der Waals surface area contributed by atoms with E-state index in [9.17, 15) is 4.39 Å². The second-order valence-electron chi connectivity index (χ2n) is 3.91. The van der Waals surface area contributed by atoms with Gasteiger partial charge in [-0.05, 0) is 37.6 Å². The van der Waals surface area contributed by atoms with Crippen LogP contribution in [0.2, 0.25) is 0 Å². The molecule has 0 bridgehead atoms. The molecule has 1 heterocycles. The van der Waals surface area contributed by atoms with E-state index in [0.29, 0.717) is 12.4 Å². The lowest BCUT2D eigenvalue weighted by Crippen LogP contribution is -1.98. The summed E-state index contributed by atoms with van der Waals surface area (Å²) < 4.78 is 19.2. The van der Waals surface area contributed by atoms with Gasteiger partial charge in [-0.1, -0.05) is 23.1 Å². The third-order valence-corrected chi connectivity index (χ3v) is 4.43. The first-order valence-corrected chi connectivity index (χ1v) is 8.16. The Bertz CT molecular complexity index is 519. The first-order valence-electron chi connectivity index (χ1n) is 6.36. The van der Waals surface area contributed by atoms with Crippen LogP contribution in [-0.4, -0.2) is 29.1 Å². The van der Waals surface area contributed by atoms with Gasteiger partial charge >= 0.3 is 0 Å². The van der Waals surface area contributed by atoms with Crippen LogP contribution in [0, 0.1) is 5.82 Å². The summed E-state index contributed by atoms with van der Waals surface area (Å²) in [5.41, 5.74) is 0. The molecule has 0 radical (unpaired) electrons. The average molecular weight is 313 g/mol. The molecule has 0 saturated carbocycles. The van der Waals surface area contributed by atoms with Crippen LogP contribution in [0.15, 0.2) is 28.6 Å². The Labute approximate surface area is 125 Å². The number of benzene rings is 1. The van der Waals surface area contributed by atoms with Gasteiger partial charge in [-0.15, -0.1) is 10.2 Å². The zero-order valence-electron chi connectivity index (χ0n) is 11.1. The number of thioether (sulfide) groups is 1. The van der Waals surface area contributed by atoms with Crippen molar-refractivity contribution in [2.75, 3.05) is 24.2 Å². The van der Waals surface area contributed by atoms with Gasteiger partial charge in [-0.25, -0.2) is 4.39 Å². The lowest BCUT2D eigenvalue weighted by molar-refractivity contribution is 0.318. The Morgan fingerprint density at radius 1 is 1.30 bits per heavy atom. The zero-order chi connectivity index (χ0) is 14.2. The van der Waals surface area contributed by atoms with E-state index >= 15 is 0 Å². The van der Waals surface area contributed by atoms with E-state index in [-0.39, 0.29) is 5.82 Å². The summed E-state index contributed by atoms with van der Waals surface area (Å²) >= 11 is 3.23. The molecule has 1 N–H and O–H groups in total. The van der Waals surface area contributed by atoms with E-state index in [1.165, 1.54) is 12.1 Å². The summed E-state index contributed by atoms with van der Waals surface area (Å²) in [7, 11) is 0. The minimum Gasteiger partial charge on any atom is -0.494 e. The van der Waals surface area contributed by atoms with Crippen molar-refractivity contribution in [1.82, 2.24) is 10.2 Å². The van der Waals surface area contributed by atoms with Gasteiger partial charge in [-0.2, -0.15) is 0 Å². The second-order valence-corrected chi connectivity index (χ2v) is 6.23. The van der Waals surface area contributed by atoms with Crippen LogP contribution in [0.1, 0.15) is 13.3 Å². The molecule has 1 aromatic carbocycles. The second kappa shape index (κ2) is 8.06. The summed E-state index contributed by atoms with van der Waals surface area (Å²) in [4.78, 5) is 0. The number of anilines is 1. The number of nitrogens with zero attached hydrogens (tertiary/aromatic N) is 2. The summed E-state index contributed by atoms with van der Waals surface area (Å²) in [6.07, 6.45) is 0.901.